The molecule has 3 aliphatic rings. The lowest BCUT2D eigenvalue weighted by Crippen LogP contribution is -2.37. The molecule has 1 spiro atoms. The van der Waals surface area contributed by atoms with Gasteiger partial charge in [-0.25, -0.2) is 9.78 Å². The monoisotopic (exact) mass is 602 g/mol. The number of pyridine rings is 1. The van der Waals surface area contributed by atoms with E-state index in [9.17, 15) is 14.9 Å². The van der Waals surface area contributed by atoms with Gasteiger partial charge in [-0.15, -0.1) is 0 Å². The molecule has 1 saturated heterocycles. The molecule has 13 nitrogen and oxygen atoms in total. The lowest BCUT2D eigenvalue weighted by atomic mass is 10.1. The summed E-state index contributed by atoms with van der Waals surface area (Å²) in [6, 6.07) is 7.19. The Hall–Kier alpha value is -4.52. The Balaban J connectivity index is 1.39. The highest BCUT2D eigenvalue weighted by Crippen LogP contribution is 2.57. The summed E-state index contributed by atoms with van der Waals surface area (Å²) in [6.45, 7) is 5.72. The molecule has 2 aliphatic heterocycles. The smallest absolute Gasteiger partial charge is 0.343 e. The number of nitrogens with one attached hydrogen (secondary N) is 1. The fourth-order valence-corrected chi connectivity index (χ4v) is 6.37. The number of fused-ring (bicyclic) bond motifs is 2. The van der Waals surface area contributed by atoms with E-state index in [1.807, 2.05) is 31.1 Å². The van der Waals surface area contributed by atoms with Crippen molar-refractivity contribution in [3.63, 3.8) is 0 Å². The van der Waals surface area contributed by atoms with Crippen LogP contribution < -0.4 is 19.9 Å². The summed E-state index contributed by atoms with van der Waals surface area (Å²) in [7, 11) is 5.53. The van der Waals surface area contributed by atoms with E-state index in [1.54, 1.807) is 26.1 Å². The van der Waals surface area contributed by atoms with Gasteiger partial charge in [0.1, 0.15) is 17.0 Å². The van der Waals surface area contributed by atoms with Crippen LogP contribution in [0.3, 0.4) is 0 Å². The third-order valence-corrected chi connectivity index (χ3v) is 8.48. The first-order valence-electron chi connectivity index (χ1n) is 15.0. The van der Waals surface area contributed by atoms with Crippen LogP contribution in [-0.4, -0.2) is 83.7 Å². The first-order valence-corrected chi connectivity index (χ1v) is 15.0. The van der Waals surface area contributed by atoms with E-state index in [2.05, 4.69) is 25.1 Å². The van der Waals surface area contributed by atoms with Crippen molar-refractivity contribution < 1.29 is 19.2 Å². The van der Waals surface area contributed by atoms with E-state index in [1.165, 1.54) is 19.4 Å². The summed E-state index contributed by atoms with van der Waals surface area (Å²) in [5.41, 5.74) is 2.89. The molecule has 44 heavy (non-hydrogen) atoms. The lowest BCUT2D eigenvalue weighted by Gasteiger charge is -2.29. The largest absolute Gasteiger partial charge is 0.494 e. The molecule has 13 heteroatoms. The zero-order valence-corrected chi connectivity index (χ0v) is 25.7. The molecular formula is C31H38N8O5. The Labute approximate surface area is 256 Å². The number of carbonyl (C=O) groups excluding carboxylic acids is 1. The topological polar surface area (TPSA) is 139 Å². The van der Waals surface area contributed by atoms with Crippen LogP contribution in [0.4, 0.5) is 34.5 Å². The van der Waals surface area contributed by atoms with Gasteiger partial charge in [-0.1, -0.05) is 0 Å². The van der Waals surface area contributed by atoms with Crippen LogP contribution >= 0.6 is 0 Å². The van der Waals surface area contributed by atoms with E-state index in [0.717, 1.165) is 50.2 Å². The quantitative estimate of drug-likeness (QED) is 0.193. The molecule has 3 aromatic rings. The molecule has 232 valence electrons. The SMILES string of the molecule is COc1cc(N2CCC[C@@H]2CN(C)C)c([N+](=O)[O-])cc1Nc1ncc(C(=O)OC(C)C)c(N2CC3(CC3)c3ncccc32)n1. The van der Waals surface area contributed by atoms with Crippen LogP contribution in [0.25, 0.3) is 0 Å². The van der Waals surface area contributed by atoms with Crippen molar-refractivity contribution in [2.24, 2.45) is 0 Å². The van der Waals surface area contributed by atoms with Crippen LogP contribution in [0.5, 0.6) is 5.75 Å². The third kappa shape index (κ3) is 5.47. The fourth-order valence-electron chi connectivity index (χ4n) is 6.37. The van der Waals surface area contributed by atoms with Gasteiger partial charge in [0.05, 0.1) is 35.2 Å². The van der Waals surface area contributed by atoms with Gasteiger partial charge in [0.25, 0.3) is 5.69 Å². The molecule has 1 atom stereocenters. The van der Waals surface area contributed by atoms with Crippen LogP contribution in [0.1, 0.15) is 55.6 Å². The number of likely N-dealkylation sites (N-methyl/N-ethyl adjacent to an activating group) is 1. The maximum atomic E-state index is 13.2. The van der Waals surface area contributed by atoms with E-state index in [4.69, 9.17) is 14.5 Å². The minimum absolute atomic E-state index is 0.0356. The molecule has 0 unspecified atom stereocenters. The number of methoxy groups -OCH3 is 1. The zero-order valence-electron chi connectivity index (χ0n) is 25.7. The molecule has 1 aromatic carbocycles. The molecule has 0 radical (unpaired) electrons. The summed E-state index contributed by atoms with van der Waals surface area (Å²) < 4.78 is 11.3. The van der Waals surface area contributed by atoms with E-state index >= 15 is 0 Å². The molecule has 1 N–H and O–H groups in total. The highest BCUT2D eigenvalue weighted by Gasteiger charge is 2.54. The molecule has 4 heterocycles. The highest BCUT2D eigenvalue weighted by atomic mass is 16.6. The molecular weight excluding hydrogens is 564 g/mol. The molecule has 2 aromatic heterocycles. The second kappa shape index (κ2) is 11.5. The van der Waals surface area contributed by atoms with Crippen molar-refractivity contribution in [1.82, 2.24) is 19.9 Å². The summed E-state index contributed by atoms with van der Waals surface area (Å²) in [5.74, 6) is 0.441. The number of hydrogen-bond donors (Lipinski definition) is 1. The number of rotatable bonds is 10. The zero-order chi connectivity index (χ0) is 31.2. The van der Waals surface area contributed by atoms with E-state index in [0.29, 0.717) is 29.5 Å². The van der Waals surface area contributed by atoms with Crippen molar-refractivity contribution >= 4 is 40.5 Å². The van der Waals surface area contributed by atoms with Crippen molar-refractivity contribution in [3.8, 4) is 5.75 Å². The van der Waals surface area contributed by atoms with Crippen LogP contribution in [0, 0.1) is 10.1 Å². The maximum absolute atomic E-state index is 13.2. The van der Waals surface area contributed by atoms with Gasteiger partial charge >= 0.3 is 5.97 Å². The van der Waals surface area contributed by atoms with Crippen LogP contribution in [-0.2, 0) is 10.2 Å². The lowest BCUT2D eigenvalue weighted by molar-refractivity contribution is -0.384. The molecule has 0 bridgehead atoms. The number of ether oxygens (including phenoxy) is 2. The van der Waals surface area contributed by atoms with Gasteiger partial charge in [0, 0.05) is 55.6 Å². The Morgan fingerprint density at radius 1 is 1.25 bits per heavy atom. The molecule has 1 saturated carbocycles. The first-order chi connectivity index (χ1) is 21.1. The summed E-state index contributed by atoms with van der Waals surface area (Å²) >= 11 is 0. The van der Waals surface area contributed by atoms with E-state index < -0.39 is 5.97 Å². The fraction of sp³-hybridized carbons (Fsp3) is 0.484. The Kier molecular flexibility index (Phi) is 7.74. The second-order valence-electron chi connectivity index (χ2n) is 12.3. The number of nitro groups is 1. The standard InChI is InChI=1S/C31H38N8O5/c1-19(2)44-29(40)21-16-33-30(35-28(21)38-18-31(10-11-31)27-23(38)9-6-12-32-27)34-22-14-25(39(41)42)24(15-26(22)43-5)37-13-7-8-20(37)17-36(3)4/h6,9,12,14-16,19-20H,7-8,10-11,13,17-18H2,1-5H3,(H,33,34,35)/t20-/m1/s1. The number of esters is 1. The molecule has 2 fully saturated rings. The van der Waals surface area contributed by atoms with Gasteiger partial charge in [-0.3, -0.25) is 15.1 Å². The molecule has 1 aliphatic carbocycles. The van der Waals surface area contributed by atoms with Gasteiger partial charge in [-0.2, -0.15) is 4.98 Å². The number of benzene rings is 1. The maximum Gasteiger partial charge on any atom is 0.343 e. The van der Waals surface area contributed by atoms with Crippen molar-refractivity contribution in [2.75, 3.05) is 56.0 Å². The Bertz CT molecular complexity index is 1590. The Morgan fingerprint density at radius 3 is 2.73 bits per heavy atom. The third-order valence-electron chi connectivity index (χ3n) is 8.48. The van der Waals surface area contributed by atoms with Crippen LogP contribution in [0.15, 0.2) is 36.7 Å². The number of hydrogen-bond acceptors (Lipinski definition) is 12. The molecule has 0 amide bonds. The number of nitro benzene ring substituents is 1. The van der Waals surface area contributed by atoms with Crippen molar-refractivity contribution in [2.45, 2.75) is 57.1 Å². The Morgan fingerprint density at radius 2 is 2.05 bits per heavy atom. The summed E-state index contributed by atoms with van der Waals surface area (Å²) in [4.78, 5) is 45.3. The van der Waals surface area contributed by atoms with Crippen LogP contribution in [0.2, 0.25) is 0 Å². The minimum atomic E-state index is -0.529. The number of nitrogens with zero attached hydrogens (tertiary/aromatic N) is 7. The average Bonchev–Trinajstić information content (AvgIpc) is 3.51. The predicted molar refractivity (Wildman–Crippen MR) is 167 cm³/mol. The average molecular weight is 603 g/mol. The van der Waals surface area contributed by atoms with Gasteiger partial charge in [0.15, 0.2) is 5.82 Å². The molecule has 6 rings (SSSR count). The number of anilines is 5. The van der Waals surface area contributed by atoms with Crippen molar-refractivity contribution in [1.29, 1.82) is 0 Å². The summed E-state index contributed by atoms with van der Waals surface area (Å²) in [6.07, 6.45) is 6.83. The number of aromatic nitrogens is 3. The van der Waals surface area contributed by atoms with Gasteiger partial charge < -0.3 is 29.5 Å². The minimum Gasteiger partial charge on any atom is -0.494 e. The van der Waals surface area contributed by atoms with Crippen molar-refractivity contribution in [3.05, 3.63) is 58.0 Å². The second-order valence-corrected chi connectivity index (χ2v) is 12.3. The summed E-state index contributed by atoms with van der Waals surface area (Å²) in [5, 5.41) is 15.5. The van der Waals surface area contributed by atoms with Gasteiger partial charge in [-0.05, 0) is 65.8 Å². The normalized spacial score (nSPS) is 18.2. The number of carbonyl (C=O) groups is 1. The first kappa shape index (κ1) is 29.5. The van der Waals surface area contributed by atoms with Gasteiger partial charge in [0.2, 0.25) is 5.95 Å². The predicted octanol–water partition coefficient (Wildman–Crippen LogP) is 4.81. The van der Waals surface area contributed by atoms with E-state index in [-0.39, 0.29) is 39.7 Å². The highest BCUT2D eigenvalue weighted by molar-refractivity contribution is 5.96.